The van der Waals surface area contributed by atoms with Crippen LogP contribution in [0.1, 0.15) is 29.2 Å². The van der Waals surface area contributed by atoms with Gasteiger partial charge in [-0.2, -0.15) is 0 Å². The zero-order valence-electron chi connectivity index (χ0n) is 12.1. The molecule has 0 saturated carbocycles. The fourth-order valence-corrected chi connectivity index (χ4v) is 3.89. The number of hydroxylamine groups is 1. The number of rotatable bonds is 7. The lowest BCUT2D eigenvalue weighted by molar-refractivity contribution is -0.129. The largest absolute Gasteiger partial charge is 0.289 e. The lowest BCUT2D eigenvalue weighted by Crippen LogP contribution is -2.19. The van der Waals surface area contributed by atoms with Crippen LogP contribution in [0.15, 0.2) is 60.7 Å². The standard InChI is InChI=1S/C17H19NO3S/c19-16(18-20)12-7-13-22(21)17(14-8-3-1-4-9-14)15-10-5-2-6-11-15/h1-6,8-11,17,20H,7,12-13H2,(H,18,19). The maximum Gasteiger partial charge on any atom is 0.243 e. The van der Waals surface area contributed by atoms with E-state index in [9.17, 15) is 9.00 Å². The second-order valence-corrected chi connectivity index (χ2v) is 6.57. The van der Waals surface area contributed by atoms with E-state index in [0.29, 0.717) is 12.2 Å². The maximum absolute atomic E-state index is 12.7. The molecule has 0 spiro atoms. The molecule has 4 nitrogen and oxygen atoms in total. The van der Waals surface area contributed by atoms with Crippen LogP contribution in [0, 0.1) is 0 Å². The molecule has 0 heterocycles. The Labute approximate surface area is 132 Å². The number of carbonyl (C=O) groups excluding carboxylic acids is 1. The van der Waals surface area contributed by atoms with Gasteiger partial charge in [-0.1, -0.05) is 60.7 Å². The van der Waals surface area contributed by atoms with E-state index >= 15 is 0 Å². The molecule has 0 aliphatic carbocycles. The Balaban J connectivity index is 2.15. The number of nitrogens with one attached hydrogen (secondary N) is 1. The van der Waals surface area contributed by atoms with E-state index in [-0.39, 0.29) is 11.7 Å². The van der Waals surface area contributed by atoms with Gasteiger partial charge >= 0.3 is 0 Å². The summed E-state index contributed by atoms with van der Waals surface area (Å²) in [6.07, 6.45) is 0.633. The number of amides is 1. The number of hydrogen-bond donors (Lipinski definition) is 2. The Morgan fingerprint density at radius 1 is 1.00 bits per heavy atom. The minimum Gasteiger partial charge on any atom is -0.289 e. The SMILES string of the molecule is O=C(CCCS(=O)C(c1ccccc1)c1ccccc1)NO. The van der Waals surface area contributed by atoms with Gasteiger partial charge in [0.2, 0.25) is 5.91 Å². The van der Waals surface area contributed by atoms with Crippen LogP contribution in [-0.2, 0) is 15.6 Å². The molecule has 0 radical (unpaired) electrons. The van der Waals surface area contributed by atoms with Gasteiger partial charge in [0, 0.05) is 23.0 Å². The van der Waals surface area contributed by atoms with Gasteiger partial charge in [0.25, 0.3) is 0 Å². The second-order valence-electron chi connectivity index (χ2n) is 4.92. The molecule has 116 valence electrons. The van der Waals surface area contributed by atoms with E-state index < -0.39 is 16.7 Å². The van der Waals surface area contributed by atoms with Crippen molar-refractivity contribution in [2.45, 2.75) is 18.1 Å². The first-order chi connectivity index (χ1) is 10.7. The van der Waals surface area contributed by atoms with Crippen molar-refractivity contribution in [2.24, 2.45) is 0 Å². The van der Waals surface area contributed by atoms with Crippen molar-refractivity contribution >= 4 is 16.7 Å². The summed E-state index contributed by atoms with van der Waals surface area (Å²) < 4.78 is 12.7. The monoisotopic (exact) mass is 317 g/mol. The fourth-order valence-electron chi connectivity index (χ4n) is 2.30. The molecule has 2 N–H and O–H groups in total. The summed E-state index contributed by atoms with van der Waals surface area (Å²) in [5, 5.41) is 8.28. The molecule has 0 aliphatic rings. The molecule has 1 unspecified atom stereocenters. The molecule has 0 aliphatic heterocycles. The predicted octanol–water partition coefficient (Wildman–Crippen LogP) is 2.81. The highest BCUT2D eigenvalue weighted by Crippen LogP contribution is 2.28. The molecule has 2 aromatic rings. The quantitative estimate of drug-likeness (QED) is 0.609. The summed E-state index contributed by atoms with van der Waals surface area (Å²) in [6.45, 7) is 0. The van der Waals surface area contributed by atoms with Gasteiger partial charge in [-0.3, -0.25) is 14.2 Å². The normalized spacial score (nSPS) is 12.1. The lowest BCUT2D eigenvalue weighted by Gasteiger charge is -2.17. The van der Waals surface area contributed by atoms with Crippen molar-refractivity contribution in [2.75, 3.05) is 5.75 Å². The van der Waals surface area contributed by atoms with Gasteiger partial charge in [0.15, 0.2) is 0 Å². The molecule has 2 aromatic carbocycles. The number of benzene rings is 2. The van der Waals surface area contributed by atoms with Gasteiger partial charge in [-0.25, -0.2) is 5.48 Å². The third-order valence-electron chi connectivity index (χ3n) is 3.34. The first kappa shape index (κ1) is 16.4. The van der Waals surface area contributed by atoms with Crippen LogP contribution < -0.4 is 5.48 Å². The van der Waals surface area contributed by atoms with E-state index in [1.165, 1.54) is 0 Å². The Hall–Kier alpha value is -1.98. The topological polar surface area (TPSA) is 66.4 Å². The highest BCUT2D eigenvalue weighted by molar-refractivity contribution is 7.85. The van der Waals surface area contributed by atoms with E-state index in [4.69, 9.17) is 5.21 Å². The van der Waals surface area contributed by atoms with Gasteiger partial charge in [0.05, 0.1) is 5.25 Å². The first-order valence-corrected chi connectivity index (χ1v) is 8.50. The van der Waals surface area contributed by atoms with Crippen molar-refractivity contribution < 1.29 is 14.2 Å². The Morgan fingerprint density at radius 2 is 1.50 bits per heavy atom. The smallest absolute Gasteiger partial charge is 0.243 e. The predicted molar refractivity (Wildman–Crippen MR) is 86.9 cm³/mol. The van der Waals surface area contributed by atoms with Crippen molar-refractivity contribution in [3.05, 3.63) is 71.8 Å². The molecule has 1 atom stereocenters. The average Bonchev–Trinajstić information content (AvgIpc) is 2.57. The minimum atomic E-state index is -1.14. The van der Waals surface area contributed by atoms with Crippen LogP contribution >= 0.6 is 0 Å². The lowest BCUT2D eigenvalue weighted by atomic mass is 10.0. The van der Waals surface area contributed by atoms with Gasteiger partial charge in [0.1, 0.15) is 0 Å². The molecule has 0 saturated heterocycles. The summed E-state index contributed by atoms with van der Waals surface area (Å²) in [7, 11) is -1.14. The van der Waals surface area contributed by atoms with E-state index in [0.717, 1.165) is 11.1 Å². The fraction of sp³-hybridized carbons (Fsp3) is 0.235. The molecule has 2 rings (SSSR count). The summed E-state index contributed by atoms with van der Waals surface area (Å²) >= 11 is 0. The summed E-state index contributed by atoms with van der Waals surface area (Å²) in [4.78, 5) is 11.0. The molecule has 5 heteroatoms. The van der Waals surface area contributed by atoms with Crippen LogP contribution in [0.2, 0.25) is 0 Å². The van der Waals surface area contributed by atoms with E-state index in [1.54, 1.807) is 5.48 Å². The Morgan fingerprint density at radius 3 is 1.95 bits per heavy atom. The van der Waals surface area contributed by atoms with Crippen LogP contribution in [0.25, 0.3) is 0 Å². The number of carbonyl (C=O) groups is 1. The Kier molecular flexibility index (Phi) is 6.30. The first-order valence-electron chi connectivity index (χ1n) is 7.12. The third kappa shape index (κ3) is 4.51. The zero-order valence-corrected chi connectivity index (χ0v) is 13.0. The van der Waals surface area contributed by atoms with Gasteiger partial charge in [-0.15, -0.1) is 0 Å². The van der Waals surface area contributed by atoms with Crippen molar-refractivity contribution in [3.8, 4) is 0 Å². The second kappa shape index (κ2) is 8.46. The Bertz CT molecular complexity index is 577. The highest BCUT2D eigenvalue weighted by atomic mass is 32.2. The number of hydrogen-bond acceptors (Lipinski definition) is 3. The van der Waals surface area contributed by atoms with Crippen LogP contribution in [0.4, 0.5) is 0 Å². The molecule has 0 aromatic heterocycles. The molecule has 0 fully saturated rings. The third-order valence-corrected chi connectivity index (χ3v) is 5.10. The van der Waals surface area contributed by atoms with Crippen molar-refractivity contribution in [1.82, 2.24) is 5.48 Å². The van der Waals surface area contributed by atoms with Gasteiger partial charge in [-0.05, 0) is 17.5 Å². The highest BCUT2D eigenvalue weighted by Gasteiger charge is 2.20. The summed E-state index contributed by atoms with van der Waals surface area (Å²) in [5.74, 6) is -0.0463. The molecule has 22 heavy (non-hydrogen) atoms. The molecular weight excluding hydrogens is 298 g/mol. The molecular formula is C17H19NO3S. The average molecular weight is 317 g/mol. The van der Waals surface area contributed by atoms with E-state index in [1.807, 2.05) is 60.7 Å². The van der Waals surface area contributed by atoms with Crippen LogP contribution in [0.5, 0.6) is 0 Å². The van der Waals surface area contributed by atoms with Crippen LogP contribution in [-0.4, -0.2) is 21.1 Å². The van der Waals surface area contributed by atoms with Crippen LogP contribution in [0.3, 0.4) is 0 Å². The zero-order chi connectivity index (χ0) is 15.8. The van der Waals surface area contributed by atoms with Crippen molar-refractivity contribution in [3.63, 3.8) is 0 Å². The van der Waals surface area contributed by atoms with Crippen molar-refractivity contribution in [1.29, 1.82) is 0 Å². The minimum absolute atomic E-state index is 0.165. The summed E-state index contributed by atoms with van der Waals surface area (Å²) in [5.41, 5.74) is 3.59. The molecule has 0 bridgehead atoms. The maximum atomic E-state index is 12.7. The van der Waals surface area contributed by atoms with Gasteiger partial charge < -0.3 is 0 Å². The molecule has 1 amide bonds. The summed E-state index contributed by atoms with van der Waals surface area (Å²) in [6, 6.07) is 19.5. The van der Waals surface area contributed by atoms with E-state index in [2.05, 4.69) is 0 Å².